The Bertz CT molecular complexity index is 959. The Morgan fingerprint density at radius 2 is 1.87 bits per heavy atom. The van der Waals surface area contributed by atoms with Crippen LogP contribution in [-0.2, 0) is 13.1 Å². The van der Waals surface area contributed by atoms with Crippen molar-refractivity contribution >= 4 is 23.0 Å². The first-order chi connectivity index (χ1) is 14.6. The molecule has 0 atom stereocenters. The summed E-state index contributed by atoms with van der Waals surface area (Å²) in [5.41, 5.74) is 3.28. The highest BCUT2D eigenvalue weighted by molar-refractivity contribution is 7.80. The van der Waals surface area contributed by atoms with Gasteiger partial charge in [-0.1, -0.05) is 30.3 Å². The van der Waals surface area contributed by atoms with E-state index in [1.807, 2.05) is 48.9 Å². The first-order valence-electron chi connectivity index (χ1n) is 9.90. The summed E-state index contributed by atoms with van der Waals surface area (Å²) in [6.45, 7) is 4.39. The molecule has 158 valence electrons. The van der Waals surface area contributed by atoms with Gasteiger partial charge in [-0.3, -0.25) is 0 Å². The molecule has 1 aromatic heterocycles. The first-order valence-corrected chi connectivity index (χ1v) is 10.3. The van der Waals surface area contributed by atoms with E-state index in [0.29, 0.717) is 23.2 Å². The number of thiocarbonyl (C=S) groups is 1. The molecule has 30 heavy (non-hydrogen) atoms. The molecule has 0 aliphatic rings. The predicted octanol–water partition coefficient (Wildman–Crippen LogP) is 4.18. The maximum absolute atomic E-state index is 5.76. The lowest BCUT2D eigenvalue weighted by Crippen LogP contribution is -2.40. The van der Waals surface area contributed by atoms with E-state index in [0.717, 1.165) is 30.9 Å². The largest absolute Gasteiger partial charge is 0.493 e. The highest BCUT2D eigenvalue weighted by atomic mass is 32.1. The lowest BCUT2D eigenvalue weighted by Gasteiger charge is -2.27. The van der Waals surface area contributed by atoms with Crippen LogP contribution in [0.5, 0.6) is 11.5 Å². The lowest BCUT2D eigenvalue weighted by molar-refractivity contribution is 0.355. The van der Waals surface area contributed by atoms with Gasteiger partial charge in [-0.2, -0.15) is 0 Å². The van der Waals surface area contributed by atoms with E-state index in [-0.39, 0.29) is 0 Å². The van der Waals surface area contributed by atoms with Gasteiger partial charge in [0.05, 0.1) is 27.1 Å². The van der Waals surface area contributed by atoms with Crippen molar-refractivity contribution in [1.29, 1.82) is 0 Å². The quantitative estimate of drug-likeness (QED) is 0.411. The molecule has 3 aromatic rings. The van der Waals surface area contributed by atoms with Crippen molar-refractivity contribution in [1.82, 2.24) is 14.9 Å². The third-order valence-corrected chi connectivity index (χ3v) is 5.24. The van der Waals surface area contributed by atoms with Gasteiger partial charge < -0.3 is 24.3 Å². The summed E-state index contributed by atoms with van der Waals surface area (Å²) < 4.78 is 13.0. The number of aryl methyl sites for hydroxylation is 2. The highest BCUT2D eigenvalue weighted by Crippen LogP contribution is 2.32. The molecule has 3 rings (SSSR count). The van der Waals surface area contributed by atoms with E-state index in [2.05, 4.69) is 38.8 Å². The average Bonchev–Trinajstić information content (AvgIpc) is 3.19. The second kappa shape index (κ2) is 10.6. The normalized spacial score (nSPS) is 10.5. The van der Waals surface area contributed by atoms with Crippen LogP contribution in [0.4, 0.5) is 5.69 Å². The topological polar surface area (TPSA) is 51.5 Å². The van der Waals surface area contributed by atoms with Gasteiger partial charge >= 0.3 is 0 Å². The molecular formula is C23H28N4O2S. The molecule has 0 amide bonds. The van der Waals surface area contributed by atoms with Gasteiger partial charge in [-0.25, -0.2) is 4.98 Å². The van der Waals surface area contributed by atoms with Gasteiger partial charge in [-0.15, -0.1) is 0 Å². The van der Waals surface area contributed by atoms with E-state index < -0.39 is 0 Å². The third kappa shape index (κ3) is 5.51. The lowest BCUT2D eigenvalue weighted by atomic mass is 10.2. The molecule has 1 heterocycles. The zero-order chi connectivity index (χ0) is 21.3. The fourth-order valence-electron chi connectivity index (χ4n) is 3.20. The summed E-state index contributed by atoms with van der Waals surface area (Å²) in [7, 11) is 3.27. The number of hydrogen-bond acceptors (Lipinski definition) is 4. The number of anilines is 1. The van der Waals surface area contributed by atoms with Crippen LogP contribution in [0.2, 0.25) is 0 Å². The van der Waals surface area contributed by atoms with E-state index in [1.54, 1.807) is 14.2 Å². The fourth-order valence-corrected chi connectivity index (χ4v) is 3.47. The van der Waals surface area contributed by atoms with E-state index in [4.69, 9.17) is 21.7 Å². The average molecular weight is 425 g/mol. The van der Waals surface area contributed by atoms with Crippen molar-refractivity contribution in [3.63, 3.8) is 0 Å². The Hall–Kier alpha value is -3.06. The molecule has 6 nitrogen and oxygen atoms in total. The number of benzene rings is 2. The highest BCUT2D eigenvalue weighted by Gasteiger charge is 2.15. The van der Waals surface area contributed by atoms with Gasteiger partial charge in [0.1, 0.15) is 0 Å². The summed E-state index contributed by atoms with van der Waals surface area (Å²) in [5, 5.41) is 4.08. The minimum atomic E-state index is 0.656. The van der Waals surface area contributed by atoms with Gasteiger partial charge in [-0.05, 0) is 43.3 Å². The Kier molecular flexibility index (Phi) is 7.68. The molecule has 0 unspecified atom stereocenters. The van der Waals surface area contributed by atoms with Crippen LogP contribution in [0.1, 0.15) is 17.7 Å². The van der Waals surface area contributed by atoms with Crippen molar-refractivity contribution in [3.05, 3.63) is 72.3 Å². The summed E-state index contributed by atoms with van der Waals surface area (Å²) >= 11 is 5.76. The molecular weight excluding hydrogens is 396 g/mol. The molecule has 0 spiro atoms. The Morgan fingerprint density at radius 3 is 2.53 bits per heavy atom. The van der Waals surface area contributed by atoms with E-state index >= 15 is 0 Å². The van der Waals surface area contributed by atoms with Gasteiger partial charge in [0.15, 0.2) is 16.6 Å². The van der Waals surface area contributed by atoms with Crippen molar-refractivity contribution in [2.45, 2.75) is 26.4 Å². The third-order valence-electron chi connectivity index (χ3n) is 4.88. The minimum Gasteiger partial charge on any atom is -0.493 e. The standard InChI is InChI=1S/C23H28N4O2S/c1-18-15-24-17-26(18)13-7-12-25-23(30)27(16-19-8-5-4-6-9-19)20-10-11-21(28-2)22(14-20)29-3/h4-6,8-11,14-15,17H,7,12-13,16H2,1-3H3,(H,25,30). The van der Waals surface area contributed by atoms with E-state index in [9.17, 15) is 0 Å². The smallest absolute Gasteiger partial charge is 0.173 e. The van der Waals surface area contributed by atoms with Crippen molar-refractivity contribution < 1.29 is 9.47 Å². The molecule has 0 saturated heterocycles. The van der Waals surface area contributed by atoms with Crippen molar-refractivity contribution in [2.75, 3.05) is 25.7 Å². The number of nitrogens with one attached hydrogen (secondary N) is 1. The van der Waals surface area contributed by atoms with Gasteiger partial charge in [0.2, 0.25) is 0 Å². The van der Waals surface area contributed by atoms with Crippen molar-refractivity contribution in [2.24, 2.45) is 0 Å². The Balaban J connectivity index is 1.72. The maximum Gasteiger partial charge on any atom is 0.173 e. The SMILES string of the molecule is COc1ccc(N(Cc2ccccc2)C(=S)NCCCn2cncc2C)cc1OC. The van der Waals surface area contributed by atoms with E-state index in [1.165, 1.54) is 5.56 Å². The van der Waals surface area contributed by atoms with Crippen LogP contribution in [0.25, 0.3) is 0 Å². The van der Waals surface area contributed by atoms with Crippen LogP contribution in [0.3, 0.4) is 0 Å². The van der Waals surface area contributed by atoms with Crippen LogP contribution >= 0.6 is 12.2 Å². The second-order valence-electron chi connectivity index (χ2n) is 6.92. The van der Waals surface area contributed by atoms with Crippen molar-refractivity contribution in [3.8, 4) is 11.5 Å². The number of hydrogen-bond donors (Lipinski definition) is 1. The zero-order valence-electron chi connectivity index (χ0n) is 17.7. The monoisotopic (exact) mass is 424 g/mol. The van der Waals surface area contributed by atoms with Crippen LogP contribution in [-0.4, -0.2) is 35.4 Å². The predicted molar refractivity (Wildman–Crippen MR) is 124 cm³/mol. The molecule has 0 bridgehead atoms. The molecule has 7 heteroatoms. The number of nitrogens with zero attached hydrogens (tertiary/aromatic N) is 3. The fraction of sp³-hybridized carbons (Fsp3) is 0.304. The van der Waals surface area contributed by atoms with Crippen LogP contribution < -0.4 is 19.7 Å². The van der Waals surface area contributed by atoms with Gasteiger partial charge in [0.25, 0.3) is 0 Å². The Labute approximate surface area is 183 Å². The minimum absolute atomic E-state index is 0.656. The number of ether oxygens (including phenoxy) is 2. The molecule has 0 fully saturated rings. The van der Waals surface area contributed by atoms with Gasteiger partial charge in [0, 0.05) is 36.7 Å². The molecule has 0 radical (unpaired) electrons. The molecule has 0 aliphatic heterocycles. The maximum atomic E-state index is 5.76. The molecule has 1 N–H and O–H groups in total. The molecule has 0 saturated carbocycles. The number of methoxy groups -OCH3 is 2. The summed E-state index contributed by atoms with van der Waals surface area (Å²) in [5.74, 6) is 1.36. The van der Waals surface area contributed by atoms with Crippen LogP contribution in [0.15, 0.2) is 61.1 Å². The summed E-state index contributed by atoms with van der Waals surface area (Å²) in [4.78, 5) is 6.25. The molecule has 2 aromatic carbocycles. The summed E-state index contributed by atoms with van der Waals surface area (Å²) in [6, 6.07) is 16.1. The number of rotatable bonds is 9. The first kappa shape index (κ1) is 21.6. The number of imidazole rings is 1. The Morgan fingerprint density at radius 1 is 1.10 bits per heavy atom. The second-order valence-corrected chi connectivity index (χ2v) is 7.31. The molecule has 0 aliphatic carbocycles. The summed E-state index contributed by atoms with van der Waals surface area (Å²) in [6.07, 6.45) is 4.68. The van der Waals surface area contributed by atoms with Crippen LogP contribution in [0, 0.1) is 6.92 Å². The number of aromatic nitrogens is 2. The zero-order valence-corrected chi connectivity index (χ0v) is 18.5.